The van der Waals surface area contributed by atoms with E-state index in [4.69, 9.17) is 0 Å². The Morgan fingerprint density at radius 3 is 2.39 bits per heavy atom. The zero-order chi connectivity index (χ0) is 12.9. The van der Waals surface area contributed by atoms with Crippen LogP contribution in [0.25, 0.3) is 21.7 Å². The van der Waals surface area contributed by atoms with E-state index in [9.17, 15) is 4.79 Å². The molecule has 3 rings (SSSR count). The van der Waals surface area contributed by atoms with E-state index in [1.807, 2.05) is 12.1 Å². The molecule has 2 nitrogen and oxygen atoms in total. The topological polar surface area (TPSA) is 32.9 Å². The molecule has 2 heteroatoms. The van der Waals surface area contributed by atoms with Gasteiger partial charge in [0.25, 0.3) is 5.56 Å². The maximum atomic E-state index is 12.1. The largest absolute Gasteiger partial charge is 0.321 e. The molecule has 0 saturated carbocycles. The van der Waals surface area contributed by atoms with Crippen LogP contribution >= 0.6 is 0 Å². The van der Waals surface area contributed by atoms with Gasteiger partial charge in [0.2, 0.25) is 0 Å². The summed E-state index contributed by atoms with van der Waals surface area (Å²) in [4.78, 5) is 15.1. The average Bonchev–Trinajstić information content (AvgIpc) is 2.32. The van der Waals surface area contributed by atoms with Gasteiger partial charge in [0.05, 0.1) is 0 Å². The van der Waals surface area contributed by atoms with Gasteiger partial charge in [0, 0.05) is 16.3 Å². The second-order valence-corrected chi connectivity index (χ2v) is 4.93. The summed E-state index contributed by atoms with van der Waals surface area (Å²) in [5.74, 6) is 0. The Morgan fingerprint density at radius 1 is 0.889 bits per heavy atom. The number of aryl methyl sites for hydroxylation is 3. The molecule has 1 N–H and O–H groups in total. The van der Waals surface area contributed by atoms with Gasteiger partial charge in [0.1, 0.15) is 0 Å². The molecule has 0 spiro atoms. The second-order valence-electron chi connectivity index (χ2n) is 4.93. The lowest BCUT2D eigenvalue weighted by Gasteiger charge is -2.09. The molecule has 3 aromatic rings. The molecule has 1 aromatic heterocycles. The molecule has 0 amide bonds. The lowest BCUT2D eigenvalue weighted by molar-refractivity contribution is 1.30. The SMILES string of the molecule is Cc1cc2[nH]c(=O)c3cccc(C)c3c2cc1C. The third-order valence-corrected chi connectivity index (χ3v) is 3.67. The molecule has 0 atom stereocenters. The molecule has 2 aromatic carbocycles. The van der Waals surface area contributed by atoms with Crippen LogP contribution in [-0.2, 0) is 0 Å². The van der Waals surface area contributed by atoms with E-state index in [0.717, 1.165) is 27.2 Å². The van der Waals surface area contributed by atoms with Crippen LogP contribution in [0.1, 0.15) is 16.7 Å². The second kappa shape index (κ2) is 3.70. The molecule has 90 valence electrons. The summed E-state index contributed by atoms with van der Waals surface area (Å²) in [6.07, 6.45) is 0. The molecule has 0 unspecified atom stereocenters. The molecular formula is C16H15NO. The molecule has 18 heavy (non-hydrogen) atoms. The molecule has 0 aliphatic heterocycles. The lowest BCUT2D eigenvalue weighted by Crippen LogP contribution is -2.07. The summed E-state index contributed by atoms with van der Waals surface area (Å²) < 4.78 is 0. The molecule has 0 saturated heterocycles. The first kappa shape index (κ1) is 11.0. The van der Waals surface area contributed by atoms with Crippen LogP contribution in [0.4, 0.5) is 0 Å². The Balaban J connectivity index is 2.68. The van der Waals surface area contributed by atoms with Crippen molar-refractivity contribution in [3.8, 4) is 0 Å². The minimum absolute atomic E-state index is 0.00977. The highest BCUT2D eigenvalue weighted by atomic mass is 16.1. The summed E-state index contributed by atoms with van der Waals surface area (Å²) in [5, 5.41) is 2.97. The Bertz CT molecular complexity index is 828. The van der Waals surface area contributed by atoms with E-state index < -0.39 is 0 Å². The molecule has 0 radical (unpaired) electrons. The van der Waals surface area contributed by atoms with Gasteiger partial charge in [-0.15, -0.1) is 0 Å². The molecular weight excluding hydrogens is 222 g/mol. The predicted molar refractivity (Wildman–Crippen MR) is 76.3 cm³/mol. The van der Waals surface area contributed by atoms with Gasteiger partial charge in [-0.2, -0.15) is 0 Å². The Morgan fingerprint density at radius 2 is 1.61 bits per heavy atom. The first-order valence-electron chi connectivity index (χ1n) is 6.10. The monoisotopic (exact) mass is 237 g/mol. The van der Waals surface area contributed by atoms with Gasteiger partial charge in [-0.1, -0.05) is 12.1 Å². The van der Waals surface area contributed by atoms with Crippen LogP contribution in [0.2, 0.25) is 0 Å². The van der Waals surface area contributed by atoms with E-state index in [2.05, 4.69) is 44.0 Å². The van der Waals surface area contributed by atoms with E-state index in [-0.39, 0.29) is 5.56 Å². The number of aromatic amines is 1. The molecule has 0 aliphatic rings. The minimum atomic E-state index is -0.00977. The normalized spacial score (nSPS) is 11.3. The van der Waals surface area contributed by atoms with Gasteiger partial charge >= 0.3 is 0 Å². The molecule has 0 aliphatic carbocycles. The van der Waals surface area contributed by atoms with E-state index in [0.29, 0.717) is 0 Å². The van der Waals surface area contributed by atoms with E-state index in [1.54, 1.807) is 0 Å². The van der Waals surface area contributed by atoms with Crippen molar-refractivity contribution in [2.24, 2.45) is 0 Å². The predicted octanol–water partition coefficient (Wildman–Crippen LogP) is 3.61. The van der Waals surface area contributed by atoms with Crippen molar-refractivity contribution in [2.45, 2.75) is 20.8 Å². The quantitative estimate of drug-likeness (QED) is 0.595. The van der Waals surface area contributed by atoms with Gasteiger partial charge in [0.15, 0.2) is 0 Å². The Hall–Kier alpha value is -2.09. The first-order valence-corrected chi connectivity index (χ1v) is 6.10. The third kappa shape index (κ3) is 1.46. The third-order valence-electron chi connectivity index (χ3n) is 3.67. The fourth-order valence-electron chi connectivity index (χ4n) is 2.53. The van der Waals surface area contributed by atoms with Crippen molar-refractivity contribution >= 4 is 21.7 Å². The summed E-state index contributed by atoms with van der Waals surface area (Å²) >= 11 is 0. The van der Waals surface area contributed by atoms with Crippen LogP contribution < -0.4 is 5.56 Å². The van der Waals surface area contributed by atoms with Crippen molar-refractivity contribution in [2.75, 3.05) is 0 Å². The summed E-state index contributed by atoms with van der Waals surface area (Å²) in [6.45, 7) is 6.22. The van der Waals surface area contributed by atoms with Crippen molar-refractivity contribution in [3.63, 3.8) is 0 Å². The fraction of sp³-hybridized carbons (Fsp3) is 0.188. The van der Waals surface area contributed by atoms with Crippen molar-refractivity contribution in [1.29, 1.82) is 0 Å². The number of benzene rings is 2. The number of H-pyrrole nitrogens is 1. The van der Waals surface area contributed by atoms with Gasteiger partial charge in [-0.05, 0) is 61.0 Å². The number of rotatable bonds is 0. The fourth-order valence-corrected chi connectivity index (χ4v) is 2.53. The number of hydrogen-bond donors (Lipinski definition) is 1. The van der Waals surface area contributed by atoms with Gasteiger partial charge < -0.3 is 4.98 Å². The maximum Gasteiger partial charge on any atom is 0.256 e. The zero-order valence-electron chi connectivity index (χ0n) is 10.8. The number of fused-ring (bicyclic) bond motifs is 3. The summed E-state index contributed by atoms with van der Waals surface area (Å²) in [5.41, 5.74) is 4.51. The highest BCUT2D eigenvalue weighted by Crippen LogP contribution is 2.26. The van der Waals surface area contributed by atoms with Crippen LogP contribution in [0, 0.1) is 20.8 Å². The van der Waals surface area contributed by atoms with Crippen LogP contribution in [0.3, 0.4) is 0 Å². The Kier molecular flexibility index (Phi) is 2.27. The minimum Gasteiger partial charge on any atom is -0.321 e. The van der Waals surface area contributed by atoms with Crippen LogP contribution in [0.15, 0.2) is 35.1 Å². The number of aromatic nitrogens is 1. The van der Waals surface area contributed by atoms with Crippen molar-refractivity contribution < 1.29 is 0 Å². The summed E-state index contributed by atoms with van der Waals surface area (Å²) in [6, 6.07) is 10.1. The highest BCUT2D eigenvalue weighted by molar-refractivity contribution is 6.07. The molecule has 0 fully saturated rings. The van der Waals surface area contributed by atoms with Crippen LogP contribution in [0.5, 0.6) is 0 Å². The number of pyridine rings is 1. The molecule has 0 bridgehead atoms. The van der Waals surface area contributed by atoms with Crippen LogP contribution in [-0.4, -0.2) is 4.98 Å². The van der Waals surface area contributed by atoms with Gasteiger partial charge in [-0.3, -0.25) is 4.79 Å². The Labute approximate surface area is 105 Å². The number of nitrogens with one attached hydrogen (secondary N) is 1. The summed E-state index contributed by atoms with van der Waals surface area (Å²) in [7, 11) is 0. The lowest BCUT2D eigenvalue weighted by atomic mass is 9.99. The standard InChI is InChI=1S/C16H15NO/c1-9-5-4-6-12-15(9)13-7-10(2)11(3)8-14(13)17-16(12)18/h4-8H,1-3H3,(H,17,18). The number of hydrogen-bond acceptors (Lipinski definition) is 1. The smallest absolute Gasteiger partial charge is 0.256 e. The maximum absolute atomic E-state index is 12.1. The average molecular weight is 237 g/mol. The van der Waals surface area contributed by atoms with Crippen molar-refractivity contribution in [1.82, 2.24) is 4.98 Å². The molecule has 1 heterocycles. The highest BCUT2D eigenvalue weighted by Gasteiger charge is 2.08. The van der Waals surface area contributed by atoms with E-state index in [1.165, 1.54) is 11.1 Å². The zero-order valence-corrected chi connectivity index (χ0v) is 10.8. The van der Waals surface area contributed by atoms with Gasteiger partial charge in [-0.25, -0.2) is 0 Å². The first-order chi connectivity index (χ1) is 8.58. The van der Waals surface area contributed by atoms with Crippen molar-refractivity contribution in [3.05, 3.63) is 57.4 Å². The van der Waals surface area contributed by atoms with E-state index >= 15 is 0 Å².